The highest BCUT2D eigenvalue weighted by Crippen LogP contribution is 2.34. The summed E-state index contributed by atoms with van der Waals surface area (Å²) in [6.45, 7) is 2.90. The first kappa shape index (κ1) is 26.2. The molecular weight excluding hydrogens is 539 g/mol. The van der Waals surface area contributed by atoms with Crippen LogP contribution in [0.2, 0.25) is 0 Å². The van der Waals surface area contributed by atoms with E-state index in [9.17, 15) is 13.2 Å². The van der Waals surface area contributed by atoms with Gasteiger partial charge in [0.25, 0.3) is 15.9 Å². The molecular formula is C32H29N3O3S2. The number of aryl methyl sites for hydroxylation is 2. The maximum Gasteiger partial charge on any atom is 0.264 e. The predicted molar refractivity (Wildman–Crippen MR) is 162 cm³/mol. The molecule has 1 aliphatic heterocycles. The Morgan fingerprint density at radius 2 is 1.68 bits per heavy atom. The maximum atomic E-state index is 13.9. The van der Waals surface area contributed by atoms with E-state index in [1.54, 1.807) is 17.0 Å². The van der Waals surface area contributed by atoms with E-state index < -0.39 is 10.0 Å². The third-order valence-electron chi connectivity index (χ3n) is 7.27. The minimum atomic E-state index is -3.76. The number of aromatic nitrogens is 1. The van der Waals surface area contributed by atoms with E-state index in [4.69, 9.17) is 4.98 Å². The Morgan fingerprint density at radius 1 is 0.925 bits per heavy atom. The van der Waals surface area contributed by atoms with Gasteiger partial charge in [-0.1, -0.05) is 72.9 Å². The molecule has 0 saturated carbocycles. The molecule has 0 N–H and O–H groups in total. The number of anilines is 2. The predicted octanol–water partition coefficient (Wildman–Crippen LogP) is 6.85. The number of nitrogens with zero attached hydrogens (tertiary/aromatic N) is 3. The Bertz CT molecular complexity index is 1780. The summed E-state index contributed by atoms with van der Waals surface area (Å²) >= 11 is 1.49. The lowest BCUT2D eigenvalue weighted by atomic mass is 10.0. The fourth-order valence-electron chi connectivity index (χ4n) is 5.09. The van der Waals surface area contributed by atoms with Gasteiger partial charge in [-0.3, -0.25) is 14.0 Å². The van der Waals surface area contributed by atoms with Crippen LogP contribution in [0.25, 0.3) is 10.2 Å². The van der Waals surface area contributed by atoms with Crippen LogP contribution in [-0.4, -0.2) is 25.9 Å². The van der Waals surface area contributed by atoms with Crippen molar-refractivity contribution >= 4 is 48.3 Å². The van der Waals surface area contributed by atoms with E-state index in [1.807, 2.05) is 60.7 Å². The lowest BCUT2D eigenvalue weighted by Gasteiger charge is -2.30. The van der Waals surface area contributed by atoms with Gasteiger partial charge in [-0.15, -0.1) is 0 Å². The van der Waals surface area contributed by atoms with E-state index in [2.05, 4.69) is 19.1 Å². The molecule has 1 aliphatic rings. The van der Waals surface area contributed by atoms with Crippen molar-refractivity contribution in [3.63, 3.8) is 0 Å². The van der Waals surface area contributed by atoms with Gasteiger partial charge in [-0.2, -0.15) is 0 Å². The first-order valence-electron chi connectivity index (χ1n) is 13.4. The van der Waals surface area contributed by atoms with Gasteiger partial charge in [0.2, 0.25) is 0 Å². The van der Waals surface area contributed by atoms with Crippen LogP contribution >= 0.6 is 11.3 Å². The monoisotopic (exact) mass is 567 g/mol. The summed E-state index contributed by atoms with van der Waals surface area (Å²) in [7, 11) is -3.76. The molecule has 0 fully saturated rings. The molecule has 2 heterocycles. The fraction of sp³-hybridized carbons (Fsp3) is 0.188. The Balaban J connectivity index is 1.33. The van der Waals surface area contributed by atoms with Crippen LogP contribution < -0.4 is 9.21 Å². The number of benzene rings is 4. The highest BCUT2D eigenvalue weighted by atomic mass is 32.2. The first-order valence-corrected chi connectivity index (χ1v) is 15.7. The SMILES string of the molecule is CCc1ccc2nc(N(Cc3ccccc3)C(=O)c3ccc(S(=O)(=O)N4CCCc5ccccc54)cc3)sc2c1. The second-order valence-corrected chi connectivity index (χ2v) is 12.7. The number of rotatable bonds is 7. The molecule has 40 heavy (non-hydrogen) atoms. The van der Waals surface area contributed by atoms with Gasteiger partial charge < -0.3 is 0 Å². The van der Waals surface area contributed by atoms with E-state index in [0.29, 0.717) is 23.8 Å². The molecule has 6 rings (SSSR count). The molecule has 5 aromatic rings. The zero-order chi connectivity index (χ0) is 27.7. The molecule has 6 nitrogen and oxygen atoms in total. The molecule has 0 atom stereocenters. The number of para-hydroxylation sites is 1. The average molecular weight is 568 g/mol. The summed E-state index contributed by atoms with van der Waals surface area (Å²) in [5, 5.41) is 0.610. The maximum absolute atomic E-state index is 13.9. The minimum absolute atomic E-state index is 0.169. The lowest BCUT2D eigenvalue weighted by molar-refractivity contribution is 0.0985. The third-order valence-corrected chi connectivity index (χ3v) is 10.1. The van der Waals surface area contributed by atoms with Gasteiger partial charge in [-0.25, -0.2) is 13.4 Å². The normalized spacial score (nSPS) is 13.3. The molecule has 1 aromatic heterocycles. The number of carbonyl (C=O) groups is 1. The molecule has 0 saturated heterocycles. The number of amides is 1. The second-order valence-electron chi connectivity index (χ2n) is 9.86. The van der Waals surface area contributed by atoms with E-state index in [1.165, 1.54) is 33.3 Å². The summed E-state index contributed by atoms with van der Waals surface area (Å²) in [6, 6.07) is 29.9. The summed E-state index contributed by atoms with van der Waals surface area (Å²) < 4.78 is 29.7. The highest BCUT2D eigenvalue weighted by molar-refractivity contribution is 7.92. The van der Waals surface area contributed by atoms with Crippen LogP contribution in [0.15, 0.2) is 102 Å². The van der Waals surface area contributed by atoms with Crippen LogP contribution in [0.1, 0.15) is 40.4 Å². The average Bonchev–Trinajstić information content (AvgIpc) is 3.43. The van der Waals surface area contributed by atoms with Crippen molar-refractivity contribution in [1.29, 1.82) is 0 Å². The van der Waals surface area contributed by atoms with Crippen molar-refractivity contribution in [3.05, 3.63) is 119 Å². The van der Waals surface area contributed by atoms with Crippen LogP contribution in [-0.2, 0) is 29.4 Å². The molecule has 202 valence electrons. The van der Waals surface area contributed by atoms with Crippen molar-refractivity contribution in [1.82, 2.24) is 4.98 Å². The van der Waals surface area contributed by atoms with Crippen LogP contribution in [0, 0.1) is 0 Å². The van der Waals surface area contributed by atoms with Crippen LogP contribution in [0.3, 0.4) is 0 Å². The summed E-state index contributed by atoms with van der Waals surface area (Å²) in [5.74, 6) is -0.231. The van der Waals surface area contributed by atoms with Gasteiger partial charge in [0.05, 0.1) is 27.3 Å². The second kappa shape index (κ2) is 10.9. The Morgan fingerprint density at radius 3 is 2.45 bits per heavy atom. The van der Waals surface area contributed by atoms with Gasteiger partial charge in [-0.05, 0) is 78.4 Å². The highest BCUT2D eigenvalue weighted by Gasteiger charge is 2.29. The standard InChI is InChI=1S/C32H29N3O3S2/c1-2-23-14-19-28-30(21-23)39-32(33-28)34(22-24-9-4-3-5-10-24)31(36)26-15-17-27(18-16-26)40(37,38)35-20-8-12-25-11-6-7-13-29(25)35/h3-7,9-11,13-19,21H,2,8,12,20,22H2,1H3. The van der Waals surface area contributed by atoms with Crippen molar-refractivity contribution in [3.8, 4) is 0 Å². The molecule has 8 heteroatoms. The van der Waals surface area contributed by atoms with E-state index >= 15 is 0 Å². The lowest BCUT2D eigenvalue weighted by Crippen LogP contribution is -2.35. The molecule has 0 bridgehead atoms. The van der Waals surface area contributed by atoms with E-state index in [0.717, 1.165) is 46.3 Å². The molecule has 1 amide bonds. The van der Waals surface area contributed by atoms with Crippen LogP contribution in [0.4, 0.5) is 10.8 Å². The Hall–Kier alpha value is -4.01. The molecule has 0 spiro atoms. The number of carbonyl (C=O) groups excluding carboxylic acids is 1. The molecule has 4 aromatic carbocycles. The van der Waals surface area contributed by atoms with Gasteiger partial charge in [0.1, 0.15) is 0 Å². The topological polar surface area (TPSA) is 70.6 Å². The Kier molecular flexibility index (Phi) is 7.12. The smallest absolute Gasteiger partial charge is 0.264 e. The first-order chi connectivity index (χ1) is 19.4. The molecule has 0 unspecified atom stereocenters. The summed E-state index contributed by atoms with van der Waals surface area (Å²) in [6.07, 6.45) is 2.55. The zero-order valence-electron chi connectivity index (χ0n) is 22.2. The largest absolute Gasteiger partial charge is 0.279 e. The van der Waals surface area contributed by atoms with Crippen molar-refractivity contribution < 1.29 is 13.2 Å². The number of fused-ring (bicyclic) bond motifs is 2. The Labute approximate surface area is 238 Å². The third kappa shape index (κ3) is 5.00. The summed E-state index contributed by atoms with van der Waals surface area (Å²) in [4.78, 5) is 20.5. The zero-order valence-corrected chi connectivity index (χ0v) is 23.8. The molecule has 0 aliphatic carbocycles. The van der Waals surface area contributed by atoms with Gasteiger partial charge >= 0.3 is 0 Å². The number of hydrogen-bond donors (Lipinski definition) is 0. The van der Waals surface area contributed by atoms with Gasteiger partial charge in [0, 0.05) is 12.1 Å². The summed E-state index contributed by atoms with van der Waals surface area (Å²) in [5.41, 5.74) is 5.21. The van der Waals surface area contributed by atoms with Crippen molar-refractivity contribution in [2.24, 2.45) is 0 Å². The quantitative estimate of drug-likeness (QED) is 0.216. The number of sulfonamides is 1. The van der Waals surface area contributed by atoms with Crippen molar-refractivity contribution in [2.45, 2.75) is 37.6 Å². The van der Waals surface area contributed by atoms with Crippen molar-refractivity contribution in [2.75, 3.05) is 15.7 Å². The number of hydrogen-bond acceptors (Lipinski definition) is 5. The van der Waals surface area contributed by atoms with Gasteiger partial charge in [0.15, 0.2) is 5.13 Å². The van der Waals surface area contributed by atoms with Crippen LogP contribution in [0.5, 0.6) is 0 Å². The molecule has 0 radical (unpaired) electrons. The fourth-order valence-corrected chi connectivity index (χ4v) is 7.65. The number of thiazole rings is 1. The van der Waals surface area contributed by atoms with E-state index in [-0.39, 0.29) is 10.8 Å². The minimum Gasteiger partial charge on any atom is -0.279 e.